The Morgan fingerprint density at radius 1 is 0.611 bits per heavy atom. The van der Waals surface area contributed by atoms with Gasteiger partial charge in [0.25, 0.3) is 0 Å². The Bertz CT molecular complexity index is 118. The van der Waals surface area contributed by atoms with Gasteiger partial charge < -0.3 is 4.74 Å². The number of ether oxygens (including phenoxy) is 1. The summed E-state index contributed by atoms with van der Waals surface area (Å²) < 4.78 is 5.65. The number of hydrogen-bond donors (Lipinski definition) is 0. The molecule has 0 N–H and O–H groups in total. The van der Waals surface area contributed by atoms with Gasteiger partial charge in [0.1, 0.15) is 0 Å². The van der Waals surface area contributed by atoms with E-state index in [2.05, 4.69) is 13.8 Å². The standard InChI is InChI=1S/C17H35O/c1-3-5-7-9-10-11-13-15-17-18-16-14-12-8-6-4-2/h1,3-17H2,2H3. The molecule has 0 unspecified atom stereocenters. The average molecular weight is 255 g/mol. The molecule has 0 atom stereocenters. The van der Waals surface area contributed by atoms with E-state index in [0.29, 0.717) is 0 Å². The predicted octanol–water partition coefficient (Wildman–Crippen LogP) is 5.93. The third-order valence-corrected chi connectivity index (χ3v) is 3.43. The quantitative estimate of drug-likeness (QED) is 0.330. The summed E-state index contributed by atoms with van der Waals surface area (Å²) in [6, 6.07) is 0. The molecule has 0 aromatic carbocycles. The Kier molecular flexibility index (Phi) is 16.9. The van der Waals surface area contributed by atoms with Crippen molar-refractivity contribution in [1.82, 2.24) is 0 Å². The van der Waals surface area contributed by atoms with Gasteiger partial charge in [-0.3, -0.25) is 0 Å². The largest absolute Gasteiger partial charge is 0.381 e. The Morgan fingerprint density at radius 3 is 1.56 bits per heavy atom. The molecule has 0 heterocycles. The molecule has 0 rings (SSSR count). The average Bonchev–Trinajstić information content (AvgIpc) is 2.39. The molecular formula is C17H35O. The molecule has 0 aliphatic carbocycles. The second-order valence-corrected chi connectivity index (χ2v) is 5.36. The summed E-state index contributed by atoms with van der Waals surface area (Å²) in [5, 5.41) is 0. The molecular weight excluding hydrogens is 220 g/mol. The molecule has 0 fully saturated rings. The predicted molar refractivity (Wildman–Crippen MR) is 81.9 cm³/mol. The van der Waals surface area contributed by atoms with Crippen molar-refractivity contribution in [2.75, 3.05) is 13.2 Å². The van der Waals surface area contributed by atoms with Crippen LogP contribution in [0.1, 0.15) is 90.4 Å². The van der Waals surface area contributed by atoms with Crippen molar-refractivity contribution in [2.24, 2.45) is 0 Å². The fraction of sp³-hybridized carbons (Fsp3) is 0.941. The van der Waals surface area contributed by atoms with Gasteiger partial charge in [-0.1, -0.05) is 84.5 Å². The lowest BCUT2D eigenvalue weighted by Gasteiger charge is -2.04. The van der Waals surface area contributed by atoms with Crippen LogP contribution in [0.25, 0.3) is 0 Å². The molecule has 0 saturated heterocycles. The second kappa shape index (κ2) is 17.0. The first-order chi connectivity index (χ1) is 8.91. The highest BCUT2D eigenvalue weighted by Crippen LogP contribution is 2.08. The zero-order chi connectivity index (χ0) is 13.3. The summed E-state index contributed by atoms with van der Waals surface area (Å²) in [4.78, 5) is 0. The van der Waals surface area contributed by atoms with Crippen LogP contribution in [0.4, 0.5) is 0 Å². The minimum Gasteiger partial charge on any atom is -0.381 e. The lowest BCUT2D eigenvalue weighted by Crippen LogP contribution is -1.97. The van der Waals surface area contributed by atoms with Gasteiger partial charge in [0.2, 0.25) is 0 Å². The van der Waals surface area contributed by atoms with Crippen LogP contribution in [-0.2, 0) is 4.74 Å². The fourth-order valence-electron chi connectivity index (χ4n) is 2.17. The molecule has 1 nitrogen and oxygen atoms in total. The molecule has 0 saturated carbocycles. The van der Waals surface area contributed by atoms with E-state index in [-0.39, 0.29) is 0 Å². The van der Waals surface area contributed by atoms with E-state index in [1.807, 2.05) is 0 Å². The third kappa shape index (κ3) is 16.0. The molecule has 0 aromatic rings. The van der Waals surface area contributed by atoms with Gasteiger partial charge >= 0.3 is 0 Å². The van der Waals surface area contributed by atoms with Gasteiger partial charge in [-0.2, -0.15) is 0 Å². The Labute approximate surface area is 116 Å². The van der Waals surface area contributed by atoms with Crippen molar-refractivity contribution in [3.05, 3.63) is 6.92 Å². The molecule has 109 valence electrons. The van der Waals surface area contributed by atoms with E-state index in [1.165, 1.54) is 77.0 Å². The smallest absolute Gasteiger partial charge is 0.0466 e. The summed E-state index contributed by atoms with van der Waals surface area (Å²) >= 11 is 0. The SMILES string of the molecule is [CH2]CCCCCCCCCOCCCCCCC. The first-order valence-corrected chi connectivity index (χ1v) is 8.28. The highest BCUT2D eigenvalue weighted by atomic mass is 16.5. The number of unbranched alkanes of at least 4 members (excludes halogenated alkanes) is 11. The van der Waals surface area contributed by atoms with Gasteiger partial charge in [0.05, 0.1) is 0 Å². The minimum absolute atomic E-state index is 0.979. The second-order valence-electron chi connectivity index (χ2n) is 5.36. The summed E-state index contributed by atoms with van der Waals surface area (Å²) in [6.45, 7) is 8.09. The molecule has 0 amide bonds. The highest BCUT2D eigenvalue weighted by Gasteiger charge is 1.93. The van der Waals surface area contributed by atoms with Crippen molar-refractivity contribution < 1.29 is 4.74 Å². The van der Waals surface area contributed by atoms with E-state index in [0.717, 1.165) is 19.6 Å². The van der Waals surface area contributed by atoms with Gasteiger partial charge in [-0.15, -0.1) is 0 Å². The zero-order valence-electron chi connectivity index (χ0n) is 12.7. The van der Waals surface area contributed by atoms with E-state index < -0.39 is 0 Å². The Morgan fingerprint density at radius 2 is 1.06 bits per heavy atom. The van der Waals surface area contributed by atoms with Crippen molar-refractivity contribution in [3.63, 3.8) is 0 Å². The molecule has 1 heteroatoms. The van der Waals surface area contributed by atoms with Gasteiger partial charge in [0, 0.05) is 13.2 Å². The Hall–Kier alpha value is -0.0400. The van der Waals surface area contributed by atoms with Crippen LogP contribution in [0, 0.1) is 6.92 Å². The number of hydrogen-bond acceptors (Lipinski definition) is 1. The van der Waals surface area contributed by atoms with E-state index >= 15 is 0 Å². The highest BCUT2D eigenvalue weighted by molar-refractivity contribution is 4.48. The van der Waals surface area contributed by atoms with Crippen LogP contribution in [0.15, 0.2) is 0 Å². The van der Waals surface area contributed by atoms with E-state index in [4.69, 9.17) is 4.74 Å². The first-order valence-electron chi connectivity index (χ1n) is 8.28. The van der Waals surface area contributed by atoms with Crippen molar-refractivity contribution in [3.8, 4) is 0 Å². The molecule has 18 heavy (non-hydrogen) atoms. The summed E-state index contributed by atoms with van der Waals surface area (Å²) in [6.07, 6.45) is 17.3. The fourth-order valence-corrected chi connectivity index (χ4v) is 2.17. The van der Waals surface area contributed by atoms with Gasteiger partial charge in [0.15, 0.2) is 0 Å². The van der Waals surface area contributed by atoms with Crippen LogP contribution in [0.5, 0.6) is 0 Å². The van der Waals surface area contributed by atoms with Crippen LogP contribution in [0.3, 0.4) is 0 Å². The van der Waals surface area contributed by atoms with Crippen molar-refractivity contribution >= 4 is 0 Å². The molecule has 0 aromatic heterocycles. The topological polar surface area (TPSA) is 9.23 Å². The van der Waals surface area contributed by atoms with Gasteiger partial charge in [-0.25, -0.2) is 0 Å². The van der Waals surface area contributed by atoms with Crippen LogP contribution < -0.4 is 0 Å². The third-order valence-electron chi connectivity index (χ3n) is 3.43. The summed E-state index contributed by atoms with van der Waals surface area (Å²) in [5.74, 6) is 0. The summed E-state index contributed by atoms with van der Waals surface area (Å²) in [7, 11) is 0. The minimum atomic E-state index is 0.979. The van der Waals surface area contributed by atoms with Crippen molar-refractivity contribution in [1.29, 1.82) is 0 Å². The van der Waals surface area contributed by atoms with Crippen LogP contribution in [0.2, 0.25) is 0 Å². The number of rotatable bonds is 15. The van der Waals surface area contributed by atoms with Crippen molar-refractivity contribution in [2.45, 2.75) is 90.4 Å². The summed E-state index contributed by atoms with van der Waals surface area (Å²) in [5.41, 5.74) is 0. The zero-order valence-corrected chi connectivity index (χ0v) is 12.7. The molecule has 1 radical (unpaired) electrons. The van der Waals surface area contributed by atoms with Crippen LogP contribution >= 0.6 is 0 Å². The maximum Gasteiger partial charge on any atom is 0.0466 e. The first kappa shape index (κ1) is 18.0. The lowest BCUT2D eigenvalue weighted by atomic mass is 10.1. The molecule has 0 aliphatic rings. The molecule has 0 aliphatic heterocycles. The van der Waals surface area contributed by atoms with E-state index in [1.54, 1.807) is 0 Å². The van der Waals surface area contributed by atoms with Crippen LogP contribution in [-0.4, -0.2) is 13.2 Å². The monoisotopic (exact) mass is 255 g/mol. The van der Waals surface area contributed by atoms with E-state index in [9.17, 15) is 0 Å². The maximum absolute atomic E-state index is 5.65. The van der Waals surface area contributed by atoms with Gasteiger partial charge in [-0.05, 0) is 12.8 Å². The Balaban J connectivity index is 2.86. The molecule has 0 spiro atoms. The maximum atomic E-state index is 5.65. The normalized spacial score (nSPS) is 11.0. The molecule has 0 bridgehead atoms. The lowest BCUT2D eigenvalue weighted by molar-refractivity contribution is 0.125.